The van der Waals surface area contributed by atoms with Crippen molar-refractivity contribution in [2.45, 2.75) is 136 Å². The maximum Gasteiger partial charge on any atom is 0.127 e. The van der Waals surface area contributed by atoms with E-state index < -0.39 is 0 Å². The van der Waals surface area contributed by atoms with Gasteiger partial charge in [-0.2, -0.15) is 0 Å². The minimum Gasteiger partial charge on any atom is -0.352 e. The van der Waals surface area contributed by atoms with Gasteiger partial charge in [0.1, 0.15) is 6.17 Å². The summed E-state index contributed by atoms with van der Waals surface area (Å²) >= 11 is 0. The second-order valence-corrected chi connectivity index (χ2v) is 10.2. The standard InChI is InChI=1S/C31H54N2/c1-3-5-7-9-10-11-12-13-14-15-16-18-23-27-33-29-28-32(26-22-17-8-6-4-2)31(33)30-24-20-19-21-25-30/h19-21,24-25,28-29,31H,3-18,22-23,26-27H2,1-2H3. The predicted molar refractivity (Wildman–Crippen MR) is 146 cm³/mol. The molecule has 1 aromatic rings. The zero-order valence-electron chi connectivity index (χ0n) is 22.2. The maximum absolute atomic E-state index is 2.58. The lowest BCUT2D eigenvalue weighted by Crippen LogP contribution is -2.32. The van der Waals surface area contributed by atoms with E-state index in [1.165, 1.54) is 134 Å². The van der Waals surface area contributed by atoms with Crippen LogP contribution in [0.4, 0.5) is 0 Å². The van der Waals surface area contributed by atoms with Crippen molar-refractivity contribution in [1.29, 1.82) is 0 Å². The summed E-state index contributed by atoms with van der Waals surface area (Å²) in [4.78, 5) is 5.16. The molecule has 0 saturated carbocycles. The van der Waals surface area contributed by atoms with Crippen LogP contribution in [0.1, 0.15) is 141 Å². The first-order valence-electron chi connectivity index (χ1n) is 14.6. The molecule has 0 saturated heterocycles. The van der Waals surface area contributed by atoms with Crippen molar-refractivity contribution in [3.63, 3.8) is 0 Å². The maximum atomic E-state index is 2.58. The summed E-state index contributed by atoms with van der Waals surface area (Å²) in [6.45, 7) is 6.95. The van der Waals surface area contributed by atoms with Gasteiger partial charge in [0.2, 0.25) is 0 Å². The average molecular weight is 455 g/mol. The molecule has 1 aliphatic heterocycles. The molecule has 0 spiro atoms. The molecule has 0 aliphatic carbocycles. The van der Waals surface area contributed by atoms with Gasteiger partial charge in [0.25, 0.3) is 0 Å². The fourth-order valence-corrected chi connectivity index (χ4v) is 5.14. The van der Waals surface area contributed by atoms with Crippen molar-refractivity contribution in [1.82, 2.24) is 9.80 Å². The van der Waals surface area contributed by atoms with Crippen LogP contribution in [-0.4, -0.2) is 22.9 Å². The van der Waals surface area contributed by atoms with E-state index in [0.29, 0.717) is 6.17 Å². The third kappa shape index (κ3) is 12.0. The van der Waals surface area contributed by atoms with Crippen molar-refractivity contribution >= 4 is 0 Å². The second kappa shape index (κ2) is 18.9. The molecule has 1 atom stereocenters. The number of unbranched alkanes of at least 4 members (excludes halogenated alkanes) is 16. The molecule has 2 rings (SSSR count). The number of benzene rings is 1. The molecule has 0 amide bonds. The van der Waals surface area contributed by atoms with Crippen molar-refractivity contribution in [2.75, 3.05) is 13.1 Å². The Morgan fingerprint density at radius 3 is 1.24 bits per heavy atom. The largest absolute Gasteiger partial charge is 0.352 e. The average Bonchev–Trinajstić information content (AvgIpc) is 3.25. The van der Waals surface area contributed by atoms with Crippen LogP contribution < -0.4 is 0 Å². The number of rotatable bonds is 21. The zero-order valence-corrected chi connectivity index (χ0v) is 22.2. The van der Waals surface area contributed by atoms with Crippen LogP contribution in [0.3, 0.4) is 0 Å². The highest BCUT2D eigenvalue weighted by atomic mass is 15.4. The molecule has 0 bridgehead atoms. The Hall–Kier alpha value is -1.44. The third-order valence-corrected chi connectivity index (χ3v) is 7.22. The molecule has 33 heavy (non-hydrogen) atoms. The van der Waals surface area contributed by atoms with Crippen molar-refractivity contribution in [3.8, 4) is 0 Å². The smallest absolute Gasteiger partial charge is 0.127 e. The summed E-state index contributed by atoms with van der Waals surface area (Å²) in [6.07, 6.45) is 30.3. The first-order valence-corrected chi connectivity index (χ1v) is 14.6. The minimum atomic E-state index is 0.398. The molecule has 1 heterocycles. The van der Waals surface area contributed by atoms with E-state index in [2.05, 4.69) is 66.4 Å². The van der Waals surface area contributed by atoms with Crippen LogP contribution in [0.25, 0.3) is 0 Å². The topological polar surface area (TPSA) is 6.48 Å². The van der Waals surface area contributed by atoms with Crippen LogP contribution in [-0.2, 0) is 0 Å². The van der Waals surface area contributed by atoms with E-state index in [4.69, 9.17) is 0 Å². The summed E-state index contributed by atoms with van der Waals surface area (Å²) in [7, 11) is 0. The molecule has 1 aromatic carbocycles. The van der Waals surface area contributed by atoms with E-state index in [1.807, 2.05) is 0 Å². The summed E-state index contributed by atoms with van der Waals surface area (Å²) in [5, 5.41) is 0. The molecule has 0 aromatic heterocycles. The van der Waals surface area contributed by atoms with Crippen molar-refractivity contribution < 1.29 is 0 Å². The van der Waals surface area contributed by atoms with Gasteiger partial charge in [0.05, 0.1) is 0 Å². The SMILES string of the molecule is CCCCCCCCCCCCCCCN1C=CN(CCCCCCC)C1c1ccccc1. The number of nitrogens with zero attached hydrogens (tertiary/aromatic N) is 2. The van der Waals surface area contributed by atoms with Crippen molar-refractivity contribution in [3.05, 3.63) is 48.3 Å². The van der Waals surface area contributed by atoms with Gasteiger partial charge >= 0.3 is 0 Å². The summed E-state index contributed by atoms with van der Waals surface area (Å²) in [5.41, 5.74) is 1.44. The Balaban J connectivity index is 1.59. The van der Waals surface area contributed by atoms with Crippen molar-refractivity contribution in [2.24, 2.45) is 0 Å². The van der Waals surface area contributed by atoms with E-state index in [-0.39, 0.29) is 0 Å². The van der Waals surface area contributed by atoms with Gasteiger partial charge in [-0.3, -0.25) is 0 Å². The molecule has 0 fully saturated rings. The van der Waals surface area contributed by atoms with E-state index in [0.717, 1.165) is 0 Å². The van der Waals surface area contributed by atoms with Crippen LogP contribution in [0, 0.1) is 0 Å². The quantitative estimate of drug-likeness (QED) is 0.170. The molecule has 188 valence electrons. The lowest BCUT2D eigenvalue weighted by atomic mass is 10.0. The zero-order chi connectivity index (χ0) is 23.4. The highest BCUT2D eigenvalue weighted by Crippen LogP contribution is 2.31. The van der Waals surface area contributed by atoms with E-state index >= 15 is 0 Å². The highest BCUT2D eigenvalue weighted by Gasteiger charge is 2.26. The Morgan fingerprint density at radius 2 is 0.848 bits per heavy atom. The van der Waals surface area contributed by atoms with Gasteiger partial charge in [-0.15, -0.1) is 0 Å². The summed E-state index contributed by atoms with van der Waals surface area (Å²) in [5.74, 6) is 0. The highest BCUT2D eigenvalue weighted by molar-refractivity contribution is 5.21. The molecule has 2 heteroatoms. The number of hydrogen-bond acceptors (Lipinski definition) is 2. The molecule has 0 radical (unpaired) electrons. The third-order valence-electron chi connectivity index (χ3n) is 7.22. The molecule has 1 unspecified atom stereocenters. The second-order valence-electron chi connectivity index (χ2n) is 10.2. The lowest BCUT2D eigenvalue weighted by Gasteiger charge is -2.33. The monoisotopic (exact) mass is 454 g/mol. The molecule has 1 aliphatic rings. The normalized spacial score (nSPS) is 15.6. The molecule has 0 N–H and O–H groups in total. The number of hydrogen-bond donors (Lipinski definition) is 0. The van der Waals surface area contributed by atoms with Gasteiger partial charge in [0, 0.05) is 25.5 Å². The lowest BCUT2D eigenvalue weighted by molar-refractivity contribution is 0.150. The van der Waals surface area contributed by atoms with Crippen LogP contribution >= 0.6 is 0 Å². The molecular weight excluding hydrogens is 400 g/mol. The molecule has 2 nitrogen and oxygen atoms in total. The molecular formula is C31H54N2. The fourth-order valence-electron chi connectivity index (χ4n) is 5.14. The van der Waals surface area contributed by atoms with Gasteiger partial charge in [-0.25, -0.2) is 0 Å². The van der Waals surface area contributed by atoms with Crippen LogP contribution in [0.2, 0.25) is 0 Å². The first-order chi connectivity index (χ1) is 16.4. The van der Waals surface area contributed by atoms with Gasteiger partial charge in [-0.1, -0.05) is 147 Å². The Kier molecular flexibility index (Phi) is 15.9. The van der Waals surface area contributed by atoms with Gasteiger partial charge in [0.15, 0.2) is 0 Å². The van der Waals surface area contributed by atoms with Crippen LogP contribution in [0.15, 0.2) is 42.7 Å². The minimum absolute atomic E-state index is 0.398. The fraction of sp³-hybridized carbons (Fsp3) is 0.742. The predicted octanol–water partition coefficient (Wildman–Crippen LogP) is 9.84. The van der Waals surface area contributed by atoms with Gasteiger partial charge < -0.3 is 9.80 Å². The van der Waals surface area contributed by atoms with Gasteiger partial charge in [-0.05, 0) is 18.4 Å². The van der Waals surface area contributed by atoms with E-state index in [9.17, 15) is 0 Å². The van der Waals surface area contributed by atoms with Crippen LogP contribution in [0.5, 0.6) is 0 Å². The summed E-state index contributed by atoms with van der Waals surface area (Å²) in [6, 6.07) is 11.1. The Labute approximate surface area is 206 Å². The Morgan fingerprint density at radius 1 is 0.485 bits per heavy atom. The Bertz CT molecular complexity index is 582. The first kappa shape index (κ1) is 27.8. The van der Waals surface area contributed by atoms with E-state index in [1.54, 1.807) is 0 Å². The summed E-state index contributed by atoms with van der Waals surface area (Å²) < 4.78 is 0.